The number of sulfone groups is 1. The lowest BCUT2D eigenvalue weighted by Crippen LogP contribution is -2.38. The number of thioether (sulfide) groups is 5. The van der Waals surface area contributed by atoms with Crippen LogP contribution in [0.5, 0.6) is 0 Å². The second kappa shape index (κ2) is 18.7. The Balaban J connectivity index is 0.833. The first-order valence-electron chi connectivity index (χ1n) is 19.4. The van der Waals surface area contributed by atoms with E-state index >= 15 is 0 Å². The summed E-state index contributed by atoms with van der Waals surface area (Å²) in [5.41, 5.74) is 0. The van der Waals surface area contributed by atoms with Crippen molar-refractivity contribution in [3.63, 3.8) is 0 Å². The summed E-state index contributed by atoms with van der Waals surface area (Å²) in [6.07, 6.45) is 32.8. The van der Waals surface area contributed by atoms with Crippen molar-refractivity contribution in [1.29, 1.82) is 0 Å². The van der Waals surface area contributed by atoms with E-state index in [2.05, 4.69) is 77.7 Å². The third kappa shape index (κ3) is 11.0. The molecule has 6 aliphatic carbocycles. The van der Waals surface area contributed by atoms with Gasteiger partial charge in [-0.15, -0.1) is 0 Å². The van der Waals surface area contributed by atoms with E-state index < -0.39 is 9.84 Å². The number of hydrogen-bond acceptors (Lipinski definition) is 8. The lowest BCUT2D eigenvalue weighted by molar-refractivity contribution is 0.453. The van der Waals surface area contributed by atoms with Crippen LogP contribution in [-0.2, 0) is 9.84 Å². The van der Waals surface area contributed by atoms with E-state index in [1.165, 1.54) is 103 Å². The van der Waals surface area contributed by atoms with E-state index in [4.69, 9.17) is 0 Å². The Kier molecular flexibility index (Phi) is 15.4. The molecular formula is C37H64O2S7. The zero-order valence-corrected chi connectivity index (χ0v) is 34.4. The second-order valence-electron chi connectivity index (χ2n) is 15.8. The van der Waals surface area contributed by atoms with Crippen LogP contribution in [0.4, 0.5) is 0 Å². The van der Waals surface area contributed by atoms with Crippen LogP contribution < -0.4 is 0 Å². The summed E-state index contributed by atoms with van der Waals surface area (Å²) in [7, 11) is -2.98. The Labute approximate surface area is 310 Å². The minimum absolute atomic E-state index is 0.0533. The van der Waals surface area contributed by atoms with Crippen molar-refractivity contribution in [3.05, 3.63) is 0 Å². The normalized spacial score (nSPS) is 43.3. The molecule has 0 saturated heterocycles. The number of rotatable bonds is 11. The predicted molar refractivity (Wildman–Crippen MR) is 218 cm³/mol. The highest BCUT2D eigenvalue weighted by molar-refractivity contribution is 8.01. The predicted octanol–water partition coefficient (Wildman–Crippen LogP) is 11.5. The SMILES string of the molecule is CSC1CCC(SC2CCC(SC3CCC(S(=O)(=O)C4CCC(SC5CCC(SC6CCC(S)CC6)CC5)CC4)CC3)CC2)CC1. The lowest BCUT2D eigenvalue weighted by atomic mass is 9.98. The van der Waals surface area contributed by atoms with Gasteiger partial charge in [-0.25, -0.2) is 8.42 Å². The maximum Gasteiger partial charge on any atom is 0.156 e. The summed E-state index contributed by atoms with van der Waals surface area (Å²) >= 11 is 15.9. The first kappa shape index (κ1) is 37.8. The molecule has 2 nitrogen and oxygen atoms in total. The van der Waals surface area contributed by atoms with Gasteiger partial charge in [-0.3, -0.25) is 0 Å². The van der Waals surface area contributed by atoms with Crippen molar-refractivity contribution in [2.75, 3.05) is 6.26 Å². The van der Waals surface area contributed by atoms with Crippen LogP contribution in [0.3, 0.4) is 0 Å². The second-order valence-corrected chi connectivity index (χ2v) is 26.6. The van der Waals surface area contributed by atoms with Gasteiger partial charge >= 0.3 is 0 Å². The highest BCUT2D eigenvalue weighted by Crippen LogP contribution is 2.46. The van der Waals surface area contributed by atoms with E-state index in [0.717, 1.165) is 88.1 Å². The maximum atomic E-state index is 13.8. The van der Waals surface area contributed by atoms with Crippen LogP contribution in [0.2, 0.25) is 0 Å². The fourth-order valence-corrected chi connectivity index (χ4v) is 19.5. The van der Waals surface area contributed by atoms with Crippen LogP contribution in [-0.4, -0.2) is 77.7 Å². The molecule has 0 aromatic carbocycles. The standard InChI is InChI=1S/C37H64O2S7/c1-41-27-6-8-29(9-7-27)43-31-12-16-33(17-13-31)45-35-20-24-37(25-21-35)46(38,39)36-22-18-34(19-23-36)44-32-14-10-30(11-15-32)42-28-4-2-26(40)3-5-28/h26-37,40H,2-25H2,1H3. The molecule has 0 aliphatic heterocycles. The third-order valence-corrected chi connectivity index (χ3v) is 23.9. The highest BCUT2D eigenvalue weighted by atomic mass is 32.2. The van der Waals surface area contributed by atoms with Crippen molar-refractivity contribution in [1.82, 2.24) is 0 Å². The largest absolute Gasteiger partial charge is 0.228 e. The quantitative estimate of drug-likeness (QED) is 0.210. The first-order valence-corrected chi connectivity index (χ1v) is 26.6. The van der Waals surface area contributed by atoms with Crippen LogP contribution in [0.1, 0.15) is 154 Å². The zero-order chi connectivity index (χ0) is 31.9. The molecule has 9 heteroatoms. The van der Waals surface area contributed by atoms with Crippen LogP contribution in [0, 0.1) is 0 Å². The summed E-state index contributed by atoms with van der Waals surface area (Å²) in [5, 5.41) is 8.08. The summed E-state index contributed by atoms with van der Waals surface area (Å²) < 4.78 is 27.5. The molecule has 0 spiro atoms. The Morgan fingerprint density at radius 2 is 0.587 bits per heavy atom. The molecule has 6 fully saturated rings. The molecule has 6 saturated carbocycles. The first-order chi connectivity index (χ1) is 22.3. The monoisotopic (exact) mass is 764 g/mol. The van der Waals surface area contributed by atoms with Crippen molar-refractivity contribution >= 4 is 81.3 Å². The van der Waals surface area contributed by atoms with Gasteiger partial charge in [-0.2, -0.15) is 71.4 Å². The summed E-state index contributed by atoms with van der Waals surface area (Å²) in [6.45, 7) is 0. The van der Waals surface area contributed by atoms with Gasteiger partial charge in [0.05, 0.1) is 10.5 Å². The van der Waals surface area contributed by atoms with Crippen LogP contribution in [0.25, 0.3) is 0 Å². The van der Waals surface area contributed by atoms with Crippen molar-refractivity contribution < 1.29 is 8.42 Å². The molecule has 0 unspecified atom stereocenters. The minimum atomic E-state index is -2.98. The fourth-order valence-electron chi connectivity index (χ4n) is 9.55. The molecule has 0 aromatic rings. The molecule has 0 atom stereocenters. The molecule has 0 amide bonds. The molecule has 266 valence electrons. The van der Waals surface area contributed by atoms with Crippen molar-refractivity contribution in [2.45, 2.75) is 217 Å². The highest BCUT2D eigenvalue weighted by Gasteiger charge is 2.40. The Morgan fingerprint density at radius 1 is 0.370 bits per heavy atom. The molecule has 6 rings (SSSR count). The minimum Gasteiger partial charge on any atom is -0.228 e. The van der Waals surface area contributed by atoms with E-state index in [1.54, 1.807) is 0 Å². The number of thiol groups is 1. The molecule has 0 N–H and O–H groups in total. The molecule has 0 radical (unpaired) electrons. The van der Waals surface area contributed by atoms with Gasteiger partial charge in [0.25, 0.3) is 0 Å². The fraction of sp³-hybridized carbons (Fsp3) is 1.00. The zero-order valence-electron chi connectivity index (χ0n) is 28.6. The van der Waals surface area contributed by atoms with Crippen molar-refractivity contribution in [3.8, 4) is 0 Å². The third-order valence-electron chi connectivity index (χ3n) is 12.6. The van der Waals surface area contributed by atoms with Gasteiger partial charge in [-0.1, -0.05) is 0 Å². The lowest BCUT2D eigenvalue weighted by Gasteiger charge is -2.37. The Bertz CT molecular complexity index is 977. The molecule has 0 bridgehead atoms. The molecule has 0 aromatic heterocycles. The average molecular weight is 765 g/mol. The van der Waals surface area contributed by atoms with Gasteiger partial charge in [0.2, 0.25) is 0 Å². The summed E-state index contributed by atoms with van der Waals surface area (Å²) in [6, 6.07) is 0. The topological polar surface area (TPSA) is 34.1 Å². The van der Waals surface area contributed by atoms with E-state index in [1.807, 2.05) is 0 Å². The van der Waals surface area contributed by atoms with Gasteiger partial charge in [0.15, 0.2) is 9.84 Å². The summed E-state index contributed by atoms with van der Waals surface area (Å²) in [5.74, 6) is 0. The van der Waals surface area contributed by atoms with Gasteiger partial charge < -0.3 is 0 Å². The number of hydrogen-bond donors (Lipinski definition) is 1. The van der Waals surface area contributed by atoms with Crippen LogP contribution in [0.15, 0.2) is 0 Å². The molecule has 0 heterocycles. The van der Waals surface area contributed by atoms with Gasteiger partial charge in [0.1, 0.15) is 0 Å². The van der Waals surface area contributed by atoms with Crippen molar-refractivity contribution in [2.24, 2.45) is 0 Å². The van der Waals surface area contributed by atoms with E-state index in [0.29, 0.717) is 15.7 Å². The van der Waals surface area contributed by atoms with E-state index in [9.17, 15) is 8.42 Å². The molecular weight excluding hydrogens is 701 g/mol. The van der Waals surface area contributed by atoms with E-state index in [-0.39, 0.29) is 10.5 Å². The Hall–Kier alpha value is 2.05. The van der Waals surface area contributed by atoms with Gasteiger partial charge in [0, 0.05) is 52.5 Å². The van der Waals surface area contributed by atoms with Gasteiger partial charge in [-0.05, 0) is 160 Å². The molecule has 46 heavy (non-hydrogen) atoms. The van der Waals surface area contributed by atoms with Crippen LogP contribution >= 0.6 is 71.4 Å². The smallest absolute Gasteiger partial charge is 0.156 e. The maximum absolute atomic E-state index is 13.8. The molecule has 6 aliphatic rings. The Morgan fingerprint density at radius 3 is 0.848 bits per heavy atom. The summed E-state index contributed by atoms with van der Waals surface area (Å²) in [4.78, 5) is 0. The average Bonchev–Trinajstić information content (AvgIpc) is 3.08.